The second-order valence-corrected chi connectivity index (χ2v) is 17.4. The van der Waals surface area contributed by atoms with Crippen molar-refractivity contribution in [2.24, 2.45) is 5.92 Å². The second kappa shape index (κ2) is 17.7. The number of hydrogen-bond acceptors (Lipinski definition) is 4. The molecule has 61 heavy (non-hydrogen) atoms. The Morgan fingerprint density at radius 3 is 2.18 bits per heavy atom. The Kier molecular flexibility index (Phi) is 11.1. The van der Waals surface area contributed by atoms with Crippen LogP contribution in [0.15, 0.2) is 168 Å². The topological polar surface area (TPSA) is 38.9 Å². The molecule has 0 atom stereocenters. The summed E-state index contributed by atoms with van der Waals surface area (Å²) in [6.07, 6.45) is 7.68. The van der Waals surface area contributed by atoms with Crippen molar-refractivity contribution in [3.8, 4) is 33.6 Å². The molecule has 1 fully saturated rings. The van der Waals surface area contributed by atoms with E-state index >= 15 is 0 Å². The standard InChI is InChI=1S/C30H26NO.C26H20NS.Ir/c1-3-8-21(9-4-1)18-22-16-17-31-28(19-22)27-13-7-12-26-25-15-14-24(20-29(25)32-30(26)27)23-10-5-2-6-11-23;1-26(2,18-9-4-3-5-10-18)19-15-16-23(27-17-19)22-13-8-12-21-20-11-6-7-14-24(20)28-25(21)22;/h2,5-7,10-12,14-17,19-21H,1,3-4,8-9,18H2;3-12,14-17H,1-2H3;/q2*-1;/i18D2;;. The van der Waals surface area contributed by atoms with Crippen molar-refractivity contribution in [2.45, 2.75) is 57.7 Å². The molecular formula is C56H46IrN2OS-2. The molecule has 0 spiro atoms. The number of thiophene rings is 1. The van der Waals surface area contributed by atoms with E-state index in [0.717, 1.165) is 75.6 Å². The van der Waals surface area contributed by atoms with Gasteiger partial charge in [-0.25, -0.2) is 0 Å². The number of pyridine rings is 2. The summed E-state index contributed by atoms with van der Waals surface area (Å²) in [5.41, 5.74) is 10.5. The summed E-state index contributed by atoms with van der Waals surface area (Å²) in [5.74, 6) is 0.0545. The van der Waals surface area contributed by atoms with Crippen LogP contribution in [0.4, 0.5) is 0 Å². The number of fused-ring (bicyclic) bond motifs is 6. The maximum Gasteiger partial charge on any atom is 0.121 e. The van der Waals surface area contributed by atoms with Crippen molar-refractivity contribution in [3.63, 3.8) is 0 Å². The first-order chi connectivity index (χ1) is 30.3. The van der Waals surface area contributed by atoms with E-state index in [9.17, 15) is 0 Å². The summed E-state index contributed by atoms with van der Waals surface area (Å²) in [6.45, 7) is 4.50. The van der Waals surface area contributed by atoms with Gasteiger partial charge in [0, 0.05) is 50.7 Å². The van der Waals surface area contributed by atoms with Crippen LogP contribution in [-0.4, -0.2) is 9.97 Å². The Balaban J connectivity index is 0.000000160. The first-order valence-electron chi connectivity index (χ1n) is 22.0. The molecule has 4 heterocycles. The first-order valence-corrected chi connectivity index (χ1v) is 21.8. The fourth-order valence-corrected chi connectivity index (χ4v) is 9.90. The Bertz CT molecular complexity index is 3170. The van der Waals surface area contributed by atoms with Crippen molar-refractivity contribution in [1.82, 2.24) is 9.97 Å². The first kappa shape index (κ1) is 38.2. The number of benzene rings is 6. The molecule has 1 aliphatic carbocycles. The molecule has 0 amide bonds. The number of rotatable bonds is 7. The van der Waals surface area contributed by atoms with Crippen LogP contribution in [-0.2, 0) is 31.9 Å². The minimum Gasteiger partial charge on any atom is -0.501 e. The molecule has 0 unspecified atom stereocenters. The number of hydrogen-bond donors (Lipinski definition) is 0. The van der Waals surface area contributed by atoms with E-state index in [1.807, 2.05) is 66.1 Å². The molecule has 0 bridgehead atoms. The summed E-state index contributed by atoms with van der Waals surface area (Å²) >= 11 is 1.82. The van der Waals surface area contributed by atoms with Gasteiger partial charge < -0.3 is 14.4 Å². The average Bonchev–Trinajstić information content (AvgIpc) is 3.91. The zero-order valence-corrected chi connectivity index (χ0v) is 37.5. The number of aromatic nitrogens is 2. The third kappa shape index (κ3) is 8.23. The molecule has 3 nitrogen and oxygen atoms in total. The van der Waals surface area contributed by atoms with Crippen LogP contribution < -0.4 is 0 Å². The molecule has 1 aliphatic rings. The van der Waals surface area contributed by atoms with Gasteiger partial charge in [-0.3, -0.25) is 0 Å². The van der Waals surface area contributed by atoms with Gasteiger partial charge in [0.25, 0.3) is 0 Å². The Hall–Kier alpha value is -5.71. The van der Waals surface area contributed by atoms with Crippen molar-refractivity contribution >= 4 is 53.4 Å². The Morgan fingerprint density at radius 1 is 0.656 bits per heavy atom. The SMILES string of the molecule is CC(C)(c1ccccc1)c1ccc(-c2[c-]ccc3c2sc2ccccc23)nc1.[2H]C([2H])(c1ccnc(-c2[c-]ccc3c2oc2cc(-c4ccccc4)ccc23)c1)C1CCCCC1.[Ir]. The maximum atomic E-state index is 8.88. The summed E-state index contributed by atoms with van der Waals surface area (Å²) in [7, 11) is 0. The van der Waals surface area contributed by atoms with Crippen LogP contribution in [0.1, 0.15) is 65.4 Å². The van der Waals surface area contributed by atoms with Gasteiger partial charge in [-0.15, -0.1) is 42.0 Å². The predicted octanol–water partition coefficient (Wildman–Crippen LogP) is 15.5. The summed E-state index contributed by atoms with van der Waals surface area (Å²) in [4.78, 5) is 9.43. The zero-order valence-electron chi connectivity index (χ0n) is 36.2. The molecule has 1 saturated carbocycles. The van der Waals surface area contributed by atoms with Crippen LogP contribution in [0.5, 0.6) is 0 Å². The van der Waals surface area contributed by atoms with Gasteiger partial charge in [0.1, 0.15) is 5.58 Å². The molecule has 10 aromatic rings. The third-order valence-corrected chi connectivity index (χ3v) is 13.3. The molecule has 1 radical (unpaired) electrons. The molecule has 11 rings (SSSR count). The summed E-state index contributed by atoms with van der Waals surface area (Å²) in [5, 5.41) is 4.66. The third-order valence-electron chi connectivity index (χ3n) is 12.1. The predicted molar refractivity (Wildman–Crippen MR) is 251 cm³/mol. The van der Waals surface area contributed by atoms with E-state index in [1.54, 1.807) is 6.20 Å². The molecule has 0 aliphatic heterocycles. The molecule has 6 aromatic carbocycles. The monoisotopic (exact) mass is 989 g/mol. The van der Waals surface area contributed by atoms with Gasteiger partial charge in [-0.1, -0.05) is 177 Å². The van der Waals surface area contributed by atoms with Gasteiger partial charge in [-0.05, 0) is 74.2 Å². The molecule has 0 N–H and O–H groups in total. The molecule has 5 heteroatoms. The van der Waals surface area contributed by atoms with E-state index in [-0.39, 0.29) is 31.4 Å². The fourth-order valence-electron chi connectivity index (χ4n) is 8.70. The molecule has 4 aromatic heterocycles. The van der Waals surface area contributed by atoms with Crippen LogP contribution in [0.2, 0.25) is 0 Å². The normalized spacial score (nSPS) is 14.0. The largest absolute Gasteiger partial charge is 0.501 e. The smallest absolute Gasteiger partial charge is 0.121 e. The Labute approximate surface area is 378 Å². The molecule has 0 saturated heterocycles. The quantitative estimate of drug-likeness (QED) is 0.149. The van der Waals surface area contributed by atoms with Crippen LogP contribution >= 0.6 is 11.3 Å². The van der Waals surface area contributed by atoms with Gasteiger partial charge in [-0.2, -0.15) is 11.3 Å². The van der Waals surface area contributed by atoms with E-state index in [4.69, 9.17) is 12.1 Å². The van der Waals surface area contributed by atoms with Gasteiger partial charge in [0.15, 0.2) is 0 Å². The van der Waals surface area contributed by atoms with Crippen LogP contribution in [0.25, 0.3) is 75.8 Å². The Morgan fingerprint density at radius 2 is 1.39 bits per heavy atom. The van der Waals surface area contributed by atoms with Gasteiger partial charge in [0.05, 0.1) is 5.58 Å². The zero-order chi connectivity index (χ0) is 42.3. The average molecular weight is 989 g/mol. The van der Waals surface area contributed by atoms with Crippen LogP contribution in [0.3, 0.4) is 0 Å². The van der Waals surface area contributed by atoms with Crippen LogP contribution in [0, 0.1) is 18.1 Å². The molecular weight excluding hydrogens is 941 g/mol. The summed E-state index contributed by atoms with van der Waals surface area (Å²) in [6, 6.07) is 58.7. The minimum absolute atomic E-state index is 0. The van der Waals surface area contributed by atoms with Gasteiger partial charge >= 0.3 is 0 Å². The summed E-state index contributed by atoms with van der Waals surface area (Å²) < 4.78 is 26.7. The van der Waals surface area contributed by atoms with Crippen molar-refractivity contribution in [3.05, 3.63) is 193 Å². The van der Waals surface area contributed by atoms with E-state index in [2.05, 4.69) is 134 Å². The van der Waals surface area contributed by atoms with Crippen molar-refractivity contribution < 1.29 is 27.3 Å². The maximum absolute atomic E-state index is 8.88. The van der Waals surface area contributed by atoms with Crippen molar-refractivity contribution in [2.75, 3.05) is 0 Å². The minimum atomic E-state index is -1.37. The molecule has 303 valence electrons. The number of nitrogens with zero attached hydrogens (tertiary/aromatic N) is 2. The van der Waals surface area contributed by atoms with Crippen molar-refractivity contribution in [1.29, 1.82) is 0 Å². The fraction of sp³-hybridized carbons (Fsp3) is 0.179. The van der Waals surface area contributed by atoms with Gasteiger partial charge in [0.2, 0.25) is 0 Å². The van der Waals surface area contributed by atoms with E-state index in [0.29, 0.717) is 11.3 Å². The van der Waals surface area contributed by atoms with E-state index in [1.165, 1.54) is 37.7 Å². The van der Waals surface area contributed by atoms with E-state index < -0.39 is 6.37 Å². The number of furan rings is 1. The second-order valence-electron chi connectivity index (χ2n) is 16.3.